The van der Waals surface area contributed by atoms with Crippen molar-refractivity contribution in [1.82, 2.24) is 5.32 Å². The fraction of sp³-hybridized carbons (Fsp3) is 0.562. The number of rotatable bonds is 5. The number of carbonyl (C=O) groups excluding carboxylic acids is 1. The van der Waals surface area contributed by atoms with Crippen LogP contribution in [0.3, 0.4) is 0 Å². The van der Waals surface area contributed by atoms with Gasteiger partial charge in [0.25, 0.3) is 0 Å². The summed E-state index contributed by atoms with van der Waals surface area (Å²) >= 11 is 0. The van der Waals surface area contributed by atoms with Crippen molar-refractivity contribution in [2.75, 3.05) is 13.2 Å². The Hall–Kier alpha value is -1.55. The summed E-state index contributed by atoms with van der Waals surface area (Å²) in [6, 6.07) is 6.06. The average Bonchev–Trinajstić information content (AvgIpc) is 2.44. The van der Waals surface area contributed by atoms with Crippen LogP contribution < -0.4 is 10.1 Å². The summed E-state index contributed by atoms with van der Waals surface area (Å²) in [5.74, 6) is 0.515. The van der Waals surface area contributed by atoms with E-state index >= 15 is 0 Å². The fourth-order valence-corrected chi connectivity index (χ4v) is 2.36. The zero-order valence-electron chi connectivity index (χ0n) is 12.4. The first kappa shape index (κ1) is 14.9. The maximum absolute atomic E-state index is 11.9. The summed E-state index contributed by atoms with van der Waals surface area (Å²) in [5.41, 5.74) is 2.61. The van der Waals surface area contributed by atoms with Crippen LogP contribution in [0.25, 0.3) is 0 Å². The maximum atomic E-state index is 11.9. The Bertz CT molecular complexity index is 471. The van der Waals surface area contributed by atoms with Crippen molar-refractivity contribution in [3.8, 4) is 5.75 Å². The molecule has 1 aromatic rings. The van der Waals surface area contributed by atoms with E-state index < -0.39 is 6.10 Å². The molecule has 2 rings (SSSR count). The van der Waals surface area contributed by atoms with Crippen molar-refractivity contribution in [2.45, 2.75) is 39.8 Å². The number of fused-ring (bicyclic) bond motifs is 1. The molecule has 110 valence electrons. The minimum atomic E-state index is -0.551. The van der Waals surface area contributed by atoms with E-state index in [1.54, 1.807) is 6.92 Å². The van der Waals surface area contributed by atoms with Gasteiger partial charge in [-0.25, -0.2) is 4.79 Å². The Morgan fingerprint density at radius 1 is 1.35 bits per heavy atom. The first-order chi connectivity index (χ1) is 9.61. The quantitative estimate of drug-likeness (QED) is 0.839. The lowest BCUT2D eigenvalue weighted by Crippen LogP contribution is -2.34. The van der Waals surface area contributed by atoms with Gasteiger partial charge in [-0.3, -0.25) is 0 Å². The minimum absolute atomic E-state index is 0.0724. The van der Waals surface area contributed by atoms with Crippen LogP contribution in [0.15, 0.2) is 18.2 Å². The fourth-order valence-electron chi connectivity index (χ4n) is 2.36. The van der Waals surface area contributed by atoms with Crippen LogP contribution in [0.1, 0.15) is 31.9 Å². The van der Waals surface area contributed by atoms with Crippen LogP contribution in [0.4, 0.5) is 0 Å². The normalized spacial score (nSPS) is 15.6. The summed E-state index contributed by atoms with van der Waals surface area (Å²) in [6.45, 7) is 7.98. The van der Waals surface area contributed by atoms with E-state index in [-0.39, 0.29) is 11.9 Å². The van der Waals surface area contributed by atoms with Crippen molar-refractivity contribution < 1.29 is 14.3 Å². The van der Waals surface area contributed by atoms with Gasteiger partial charge in [-0.05, 0) is 43.1 Å². The summed E-state index contributed by atoms with van der Waals surface area (Å²) in [5, 5.41) is 3.34. The molecule has 0 saturated carbocycles. The number of carbonyl (C=O) groups is 1. The summed E-state index contributed by atoms with van der Waals surface area (Å²) in [7, 11) is 0. The number of ether oxygens (including phenoxy) is 2. The lowest BCUT2D eigenvalue weighted by atomic mass is 10.0. The Morgan fingerprint density at radius 2 is 2.15 bits per heavy atom. The molecule has 0 radical (unpaired) electrons. The molecule has 1 aromatic carbocycles. The van der Waals surface area contributed by atoms with E-state index in [2.05, 4.69) is 11.4 Å². The predicted molar refractivity (Wildman–Crippen MR) is 77.7 cm³/mol. The minimum Gasteiger partial charge on any atom is -0.478 e. The van der Waals surface area contributed by atoms with Crippen LogP contribution >= 0.6 is 0 Å². The van der Waals surface area contributed by atoms with Crippen LogP contribution in [-0.4, -0.2) is 25.2 Å². The molecule has 0 aromatic heterocycles. The number of hydrogen-bond donors (Lipinski definition) is 1. The van der Waals surface area contributed by atoms with Crippen LogP contribution in [0, 0.1) is 5.92 Å². The Balaban J connectivity index is 2.12. The van der Waals surface area contributed by atoms with Crippen LogP contribution in [-0.2, 0) is 22.5 Å². The SMILES string of the molecule is CCOC(=O)C(Oc1ccc2c(c1)CNCC2)C(C)C. The molecule has 0 saturated heterocycles. The molecule has 0 fully saturated rings. The van der Waals surface area contributed by atoms with Crippen molar-refractivity contribution in [1.29, 1.82) is 0 Å². The first-order valence-corrected chi connectivity index (χ1v) is 7.27. The van der Waals surface area contributed by atoms with E-state index in [1.807, 2.05) is 26.0 Å². The highest BCUT2D eigenvalue weighted by Gasteiger charge is 2.26. The third-order valence-corrected chi connectivity index (χ3v) is 3.45. The Kier molecular flexibility index (Phi) is 5.01. The lowest BCUT2D eigenvalue weighted by molar-refractivity contribution is -0.153. The summed E-state index contributed by atoms with van der Waals surface area (Å²) in [6.07, 6.45) is 0.491. The van der Waals surface area contributed by atoms with Gasteiger partial charge in [0.15, 0.2) is 6.10 Å². The highest BCUT2D eigenvalue weighted by atomic mass is 16.6. The molecule has 1 atom stereocenters. The molecule has 1 unspecified atom stereocenters. The number of nitrogens with one attached hydrogen (secondary N) is 1. The second kappa shape index (κ2) is 6.75. The maximum Gasteiger partial charge on any atom is 0.347 e. The molecule has 1 aliphatic heterocycles. The van der Waals surface area contributed by atoms with Gasteiger partial charge < -0.3 is 14.8 Å². The van der Waals surface area contributed by atoms with Crippen molar-refractivity contribution in [2.24, 2.45) is 5.92 Å². The third kappa shape index (κ3) is 3.51. The smallest absolute Gasteiger partial charge is 0.347 e. The van der Waals surface area contributed by atoms with Gasteiger partial charge in [0, 0.05) is 12.5 Å². The zero-order valence-corrected chi connectivity index (χ0v) is 12.4. The van der Waals surface area contributed by atoms with Gasteiger partial charge in [-0.2, -0.15) is 0 Å². The third-order valence-electron chi connectivity index (χ3n) is 3.45. The first-order valence-electron chi connectivity index (χ1n) is 7.27. The number of benzene rings is 1. The predicted octanol–water partition coefficient (Wildman–Crippen LogP) is 2.30. The van der Waals surface area contributed by atoms with Gasteiger partial charge >= 0.3 is 5.97 Å². The van der Waals surface area contributed by atoms with Crippen molar-refractivity contribution >= 4 is 5.97 Å². The molecular weight excluding hydrogens is 254 g/mol. The van der Waals surface area contributed by atoms with E-state index in [0.29, 0.717) is 6.61 Å². The van der Waals surface area contributed by atoms with Gasteiger partial charge in [0.05, 0.1) is 6.61 Å². The molecule has 0 bridgehead atoms. The molecule has 0 amide bonds. The zero-order chi connectivity index (χ0) is 14.5. The summed E-state index contributed by atoms with van der Waals surface area (Å²) < 4.78 is 10.9. The van der Waals surface area contributed by atoms with E-state index in [1.165, 1.54) is 11.1 Å². The highest BCUT2D eigenvalue weighted by molar-refractivity contribution is 5.75. The standard InChI is InChI=1S/C16H23NO3/c1-4-19-16(18)15(11(2)3)20-14-6-5-12-7-8-17-10-13(12)9-14/h5-6,9,11,15,17H,4,7-8,10H2,1-3H3. The molecule has 1 aliphatic rings. The van der Waals surface area contributed by atoms with Gasteiger partial charge in [0.2, 0.25) is 0 Å². The highest BCUT2D eigenvalue weighted by Crippen LogP contribution is 2.23. The molecule has 0 aliphatic carbocycles. The molecule has 20 heavy (non-hydrogen) atoms. The second-order valence-electron chi connectivity index (χ2n) is 5.39. The van der Waals surface area contributed by atoms with Crippen molar-refractivity contribution in [3.63, 3.8) is 0 Å². The Morgan fingerprint density at radius 3 is 2.85 bits per heavy atom. The van der Waals surface area contributed by atoms with E-state index in [9.17, 15) is 4.79 Å². The molecule has 4 heteroatoms. The summed E-state index contributed by atoms with van der Waals surface area (Å²) in [4.78, 5) is 11.9. The van der Waals surface area contributed by atoms with E-state index in [0.717, 1.165) is 25.3 Å². The molecule has 0 spiro atoms. The van der Waals surface area contributed by atoms with Crippen molar-refractivity contribution in [3.05, 3.63) is 29.3 Å². The molecule has 4 nitrogen and oxygen atoms in total. The molecular formula is C16H23NO3. The number of hydrogen-bond acceptors (Lipinski definition) is 4. The lowest BCUT2D eigenvalue weighted by Gasteiger charge is -2.23. The second-order valence-corrected chi connectivity index (χ2v) is 5.39. The molecule has 1 N–H and O–H groups in total. The van der Waals surface area contributed by atoms with Crippen LogP contribution in [0.5, 0.6) is 5.75 Å². The average molecular weight is 277 g/mol. The van der Waals surface area contributed by atoms with E-state index in [4.69, 9.17) is 9.47 Å². The van der Waals surface area contributed by atoms with Gasteiger partial charge in [0.1, 0.15) is 5.75 Å². The Labute approximate surface area is 120 Å². The largest absolute Gasteiger partial charge is 0.478 e. The van der Waals surface area contributed by atoms with Gasteiger partial charge in [-0.15, -0.1) is 0 Å². The topological polar surface area (TPSA) is 47.6 Å². The van der Waals surface area contributed by atoms with Crippen LogP contribution in [0.2, 0.25) is 0 Å². The van der Waals surface area contributed by atoms with Gasteiger partial charge in [-0.1, -0.05) is 19.9 Å². The number of esters is 1. The monoisotopic (exact) mass is 277 g/mol. The molecule has 1 heterocycles.